The fourth-order valence-electron chi connectivity index (χ4n) is 2.35. The van der Waals surface area contributed by atoms with Crippen molar-refractivity contribution in [2.45, 2.75) is 6.42 Å². The Morgan fingerprint density at radius 2 is 2.07 bits per heavy atom. The van der Waals surface area contributed by atoms with Crippen molar-refractivity contribution in [3.8, 4) is 0 Å². The van der Waals surface area contributed by atoms with Crippen molar-refractivity contribution >= 4 is 62.8 Å². The van der Waals surface area contributed by atoms with Gasteiger partial charge in [-0.15, -0.1) is 22.7 Å². The Morgan fingerprint density at radius 1 is 1.26 bits per heavy atom. The lowest BCUT2D eigenvalue weighted by atomic mass is 10.1. The van der Waals surface area contributed by atoms with Crippen LogP contribution < -0.4 is 5.32 Å². The molecule has 0 unspecified atom stereocenters. The van der Waals surface area contributed by atoms with Crippen molar-refractivity contribution < 1.29 is 9.59 Å². The van der Waals surface area contributed by atoms with Gasteiger partial charge in [0.05, 0.1) is 11.4 Å². The number of halogens is 2. The molecule has 0 fully saturated rings. The summed E-state index contributed by atoms with van der Waals surface area (Å²) >= 11 is 14.9. The lowest BCUT2D eigenvalue weighted by Gasteiger charge is -2.15. The number of aromatic nitrogens is 1. The molecule has 2 heterocycles. The Bertz CT molecular complexity index is 957. The number of anilines is 1. The van der Waals surface area contributed by atoms with Crippen LogP contribution in [0.2, 0.25) is 10.0 Å². The van der Waals surface area contributed by atoms with Crippen molar-refractivity contribution in [2.24, 2.45) is 0 Å². The third kappa shape index (κ3) is 5.29. The topological polar surface area (TPSA) is 62.3 Å². The lowest BCUT2D eigenvalue weighted by molar-refractivity contribution is -0.116. The first-order valence-electron chi connectivity index (χ1n) is 7.90. The zero-order valence-electron chi connectivity index (χ0n) is 14.2. The van der Waals surface area contributed by atoms with Gasteiger partial charge in [-0.05, 0) is 35.2 Å². The molecule has 2 aromatic heterocycles. The number of likely N-dealkylation sites (N-methyl/N-ethyl adjacent to an activating group) is 1. The van der Waals surface area contributed by atoms with Gasteiger partial charge in [0, 0.05) is 34.6 Å². The maximum Gasteiger partial charge on any atom is 0.264 e. The van der Waals surface area contributed by atoms with Crippen LogP contribution in [0.4, 0.5) is 5.13 Å². The van der Waals surface area contributed by atoms with E-state index in [2.05, 4.69) is 10.3 Å². The minimum atomic E-state index is -0.302. The Hall–Kier alpha value is -1.93. The van der Waals surface area contributed by atoms with Gasteiger partial charge in [-0.1, -0.05) is 29.3 Å². The third-order valence-electron chi connectivity index (χ3n) is 3.63. The number of benzene rings is 1. The second kappa shape index (κ2) is 8.84. The molecule has 3 rings (SSSR count). The molecule has 2 amide bonds. The smallest absolute Gasteiger partial charge is 0.264 e. The molecule has 3 aromatic rings. The Labute approximate surface area is 174 Å². The summed E-state index contributed by atoms with van der Waals surface area (Å²) in [5, 5.41) is 6.27. The number of hydrogen-bond acceptors (Lipinski definition) is 5. The van der Waals surface area contributed by atoms with Crippen LogP contribution in [0.3, 0.4) is 0 Å². The molecule has 0 aliphatic heterocycles. The van der Waals surface area contributed by atoms with Gasteiger partial charge in [0.1, 0.15) is 0 Å². The van der Waals surface area contributed by atoms with Crippen LogP contribution in [0.25, 0.3) is 0 Å². The summed E-state index contributed by atoms with van der Waals surface area (Å²) in [5.41, 5.74) is 0.895. The first-order chi connectivity index (χ1) is 12.9. The number of nitrogens with one attached hydrogen (secondary N) is 1. The predicted octanol–water partition coefficient (Wildman–Crippen LogP) is 4.81. The molecule has 1 N–H and O–H groups in total. The second-order valence-electron chi connectivity index (χ2n) is 5.73. The summed E-state index contributed by atoms with van der Waals surface area (Å²) in [6.07, 6.45) is 2.27. The van der Waals surface area contributed by atoms with Gasteiger partial charge in [-0.25, -0.2) is 4.98 Å². The number of amides is 2. The minimum absolute atomic E-state index is 0.0498. The van der Waals surface area contributed by atoms with Crippen LogP contribution in [-0.4, -0.2) is 35.3 Å². The maximum absolute atomic E-state index is 12.2. The predicted molar refractivity (Wildman–Crippen MR) is 111 cm³/mol. The fourth-order valence-corrected chi connectivity index (χ4v) is 4.30. The minimum Gasteiger partial charge on any atom is -0.332 e. The maximum atomic E-state index is 12.2. The SMILES string of the molecule is CN(CC(=O)Nc1ncc(Cc2cc(Cl)ccc2Cl)s1)C(=O)c1cccs1. The first kappa shape index (κ1) is 19.8. The molecular formula is C18H15Cl2N3O2S2. The van der Waals surface area contributed by atoms with E-state index >= 15 is 0 Å². The molecule has 1 aromatic carbocycles. The van der Waals surface area contributed by atoms with Crippen LogP contribution in [0.1, 0.15) is 20.1 Å². The number of rotatable bonds is 6. The largest absolute Gasteiger partial charge is 0.332 e. The molecule has 27 heavy (non-hydrogen) atoms. The van der Waals surface area contributed by atoms with Crippen LogP contribution >= 0.6 is 45.9 Å². The standard InChI is InChI=1S/C18H15Cl2N3O2S2/c1-23(17(25)15-3-2-6-26-15)10-16(24)22-18-21-9-13(27-18)8-11-7-12(19)4-5-14(11)20/h2-7,9H,8,10H2,1H3,(H,21,22,24). The Balaban J connectivity index is 1.58. The molecule has 5 nitrogen and oxygen atoms in total. The van der Waals surface area contributed by atoms with Crippen molar-refractivity contribution in [2.75, 3.05) is 18.9 Å². The molecule has 0 aliphatic rings. The summed E-state index contributed by atoms with van der Waals surface area (Å²) in [6.45, 7) is -0.0498. The molecule has 0 spiro atoms. The molecule has 0 radical (unpaired) electrons. The average molecular weight is 440 g/mol. The van der Waals surface area contributed by atoms with Gasteiger partial charge in [0.25, 0.3) is 5.91 Å². The normalized spacial score (nSPS) is 10.6. The summed E-state index contributed by atoms with van der Waals surface area (Å²) in [4.78, 5) is 31.5. The molecule has 0 aliphatic carbocycles. The number of carbonyl (C=O) groups excluding carboxylic acids is 2. The Kier molecular flexibility index (Phi) is 6.49. The summed E-state index contributed by atoms with van der Waals surface area (Å²) < 4.78 is 0. The van der Waals surface area contributed by atoms with E-state index < -0.39 is 0 Å². The molecule has 0 saturated carbocycles. The quantitative estimate of drug-likeness (QED) is 0.598. The van der Waals surface area contributed by atoms with Crippen LogP contribution in [-0.2, 0) is 11.2 Å². The zero-order chi connectivity index (χ0) is 19.4. The molecule has 0 atom stereocenters. The molecule has 0 bridgehead atoms. The van der Waals surface area contributed by atoms with Crippen LogP contribution in [0.15, 0.2) is 41.9 Å². The van der Waals surface area contributed by atoms with Gasteiger partial charge >= 0.3 is 0 Å². The average Bonchev–Trinajstić information content (AvgIpc) is 3.29. The highest BCUT2D eigenvalue weighted by Gasteiger charge is 2.16. The molecular weight excluding hydrogens is 425 g/mol. The van der Waals surface area contributed by atoms with E-state index in [1.165, 1.54) is 27.6 Å². The van der Waals surface area contributed by atoms with E-state index in [9.17, 15) is 9.59 Å². The summed E-state index contributed by atoms with van der Waals surface area (Å²) in [6, 6.07) is 8.83. The third-order valence-corrected chi connectivity index (χ3v) is 6.01. The first-order valence-corrected chi connectivity index (χ1v) is 10.3. The van der Waals surface area contributed by atoms with E-state index in [-0.39, 0.29) is 18.4 Å². The number of thiophene rings is 1. The highest BCUT2D eigenvalue weighted by atomic mass is 35.5. The van der Waals surface area contributed by atoms with Crippen LogP contribution in [0.5, 0.6) is 0 Å². The van der Waals surface area contributed by atoms with Crippen molar-refractivity contribution in [3.05, 3.63) is 67.3 Å². The van der Waals surface area contributed by atoms with Crippen molar-refractivity contribution in [3.63, 3.8) is 0 Å². The van der Waals surface area contributed by atoms with Crippen molar-refractivity contribution in [1.29, 1.82) is 0 Å². The van der Waals surface area contributed by atoms with E-state index in [0.29, 0.717) is 26.5 Å². The summed E-state index contributed by atoms with van der Waals surface area (Å²) in [5.74, 6) is -0.486. The van der Waals surface area contributed by atoms with E-state index in [1.807, 2.05) is 11.4 Å². The lowest BCUT2D eigenvalue weighted by Crippen LogP contribution is -2.34. The Morgan fingerprint density at radius 3 is 2.81 bits per heavy atom. The summed E-state index contributed by atoms with van der Waals surface area (Å²) in [7, 11) is 1.59. The number of carbonyl (C=O) groups is 2. The van der Waals surface area contributed by atoms with Gasteiger partial charge in [0.15, 0.2) is 5.13 Å². The number of thiazole rings is 1. The molecule has 9 heteroatoms. The van der Waals surface area contributed by atoms with Crippen molar-refractivity contribution in [1.82, 2.24) is 9.88 Å². The van der Waals surface area contributed by atoms with E-state index in [1.54, 1.807) is 37.5 Å². The van der Waals surface area contributed by atoms with E-state index in [0.717, 1.165) is 10.4 Å². The highest BCUT2D eigenvalue weighted by molar-refractivity contribution is 7.15. The second-order valence-corrected chi connectivity index (χ2v) is 8.64. The zero-order valence-corrected chi connectivity index (χ0v) is 17.4. The molecule has 0 saturated heterocycles. The fraction of sp³-hybridized carbons (Fsp3) is 0.167. The van der Waals surface area contributed by atoms with Crippen LogP contribution in [0, 0.1) is 0 Å². The highest BCUT2D eigenvalue weighted by Crippen LogP contribution is 2.27. The van der Waals surface area contributed by atoms with Gasteiger partial charge in [-0.2, -0.15) is 0 Å². The number of nitrogens with zero attached hydrogens (tertiary/aromatic N) is 2. The monoisotopic (exact) mass is 439 g/mol. The van der Waals surface area contributed by atoms with Gasteiger partial charge < -0.3 is 10.2 Å². The van der Waals surface area contributed by atoms with Gasteiger partial charge in [0.2, 0.25) is 5.91 Å². The van der Waals surface area contributed by atoms with Gasteiger partial charge in [-0.3, -0.25) is 9.59 Å². The number of hydrogen-bond donors (Lipinski definition) is 1. The molecule has 140 valence electrons. The van der Waals surface area contributed by atoms with E-state index in [4.69, 9.17) is 23.2 Å².